The van der Waals surface area contributed by atoms with E-state index in [1.165, 1.54) is 18.3 Å². The fourth-order valence-corrected chi connectivity index (χ4v) is 6.95. The highest BCUT2D eigenvalue weighted by atomic mass is 32.2. The van der Waals surface area contributed by atoms with Crippen molar-refractivity contribution in [2.24, 2.45) is 5.92 Å². The summed E-state index contributed by atoms with van der Waals surface area (Å²) < 4.78 is 67.9. The van der Waals surface area contributed by atoms with Crippen LogP contribution in [0.5, 0.6) is 0 Å². The smallest absolute Gasteiger partial charge is 0.416 e. The molecule has 2 N–H and O–H groups in total. The summed E-state index contributed by atoms with van der Waals surface area (Å²) in [7, 11) is -3.53. The fraction of sp³-hybridized carbons (Fsp3) is 0.593. The summed E-state index contributed by atoms with van der Waals surface area (Å²) in [5.74, 6) is -1.30. The van der Waals surface area contributed by atoms with Crippen molar-refractivity contribution >= 4 is 33.5 Å². The number of sulfonamides is 1. The number of rotatable bonds is 6. The molecule has 11 nitrogen and oxygen atoms in total. The fourth-order valence-electron chi connectivity index (χ4n) is 6.46. The molecule has 230 valence electrons. The summed E-state index contributed by atoms with van der Waals surface area (Å²) in [5.41, 5.74) is 0.0645. The van der Waals surface area contributed by atoms with Gasteiger partial charge in [0.1, 0.15) is 0 Å². The number of likely N-dealkylation sites (tertiary alicyclic amines) is 2. The van der Waals surface area contributed by atoms with Crippen molar-refractivity contribution in [3.05, 3.63) is 41.6 Å². The summed E-state index contributed by atoms with van der Waals surface area (Å²) in [5, 5.41) is 13.3. The molecule has 3 fully saturated rings. The van der Waals surface area contributed by atoms with Gasteiger partial charge in [0.2, 0.25) is 10.0 Å². The Hall–Kier alpha value is -3.33. The molecule has 2 aromatic rings. The molecule has 1 amide bonds. The first-order chi connectivity index (χ1) is 19.7. The maximum Gasteiger partial charge on any atom is 0.416 e. The minimum absolute atomic E-state index is 0.0491. The van der Waals surface area contributed by atoms with E-state index in [4.69, 9.17) is 0 Å². The van der Waals surface area contributed by atoms with E-state index >= 15 is 0 Å². The minimum Gasteiger partial charge on any atom is -0.481 e. The molecule has 0 radical (unpaired) electrons. The average Bonchev–Trinajstić information content (AvgIpc) is 3.54. The lowest BCUT2D eigenvalue weighted by Crippen LogP contribution is -2.53. The monoisotopic (exact) mass is 612 g/mol. The van der Waals surface area contributed by atoms with E-state index < -0.39 is 33.7 Å². The number of carbonyl (C=O) groups is 2. The summed E-state index contributed by atoms with van der Waals surface area (Å²) >= 11 is 0. The number of aliphatic carboxylic acids is 1. The molecule has 3 aliphatic rings. The Balaban J connectivity index is 1.28. The van der Waals surface area contributed by atoms with Crippen molar-refractivity contribution in [2.45, 2.75) is 56.8 Å². The van der Waals surface area contributed by atoms with E-state index in [9.17, 15) is 36.3 Å². The first kappa shape index (κ1) is 30.1. The molecule has 0 aliphatic carbocycles. The predicted molar refractivity (Wildman–Crippen MR) is 149 cm³/mol. The number of anilines is 2. The van der Waals surface area contributed by atoms with Gasteiger partial charge in [-0.05, 0) is 68.8 Å². The van der Waals surface area contributed by atoms with Crippen molar-refractivity contribution in [3.63, 3.8) is 0 Å². The highest BCUT2D eigenvalue weighted by Gasteiger charge is 2.44. The zero-order chi connectivity index (χ0) is 30.3. The van der Waals surface area contributed by atoms with Gasteiger partial charge in [-0.2, -0.15) is 17.9 Å². The van der Waals surface area contributed by atoms with E-state index in [-0.39, 0.29) is 17.4 Å². The number of benzene rings is 1. The van der Waals surface area contributed by atoms with Gasteiger partial charge in [0.05, 0.1) is 17.7 Å². The average molecular weight is 613 g/mol. The molecule has 0 unspecified atom stereocenters. The van der Waals surface area contributed by atoms with Crippen LogP contribution in [0.25, 0.3) is 0 Å². The minimum atomic E-state index is -4.51. The Bertz CT molecular complexity index is 1430. The molecule has 0 bridgehead atoms. The number of carbonyl (C=O) groups excluding carboxylic acids is 1. The van der Waals surface area contributed by atoms with Crippen LogP contribution in [0, 0.1) is 5.92 Å². The third kappa shape index (κ3) is 6.66. The lowest BCUT2D eigenvalue weighted by molar-refractivity contribution is -0.142. The second-order valence-corrected chi connectivity index (χ2v) is 13.3. The molecule has 4 heterocycles. The SMILES string of the molecule is CS(=O)(=O)Nc1ccn(C(=O)N2CCC3(CCCN3Cc3cc(N4CCC(C(=O)O)CC4)cc(C(F)(F)F)c3)CC2)n1. The molecule has 3 saturated heterocycles. The first-order valence-electron chi connectivity index (χ1n) is 14.0. The number of hydrogen-bond donors (Lipinski definition) is 2. The Morgan fingerprint density at radius 1 is 1.07 bits per heavy atom. The van der Waals surface area contributed by atoms with Gasteiger partial charge in [-0.25, -0.2) is 13.2 Å². The lowest BCUT2D eigenvalue weighted by atomic mass is 9.84. The van der Waals surface area contributed by atoms with Crippen molar-refractivity contribution in [3.8, 4) is 0 Å². The van der Waals surface area contributed by atoms with Crippen LogP contribution >= 0.6 is 0 Å². The number of hydrogen-bond acceptors (Lipinski definition) is 7. The Morgan fingerprint density at radius 2 is 1.76 bits per heavy atom. The number of halogens is 3. The summed E-state index contributed by atoms with van der Waals surface area (Å²) in [6, 6.07) is 5.19. The van der Waals surface area contributed by atoms with Crippen LogP contribution in [0.2, 0.25) is 0 Å². The molecular formula is C27H35F3N6O5S. The molecule has 0 atom stereocenters. The molecule has 1 aromatic carbocycles. The molecule has 42 heavy (non-hydrogen) atoms. The van der Waals surface area contributed by atoms with E-state index in [0.29, 0.717) is 69.7 Å². The van der Waals surface area contributed by atoms with Gasteiger partial charge in [0.25, 0.3) is 0 Å². The maximum atomic E-state index is 13.9. The summed E-state index contributed by atoms with van der Waals surface area (Å²) in [4.78, 5) is 30.1. The van der Waals surface area contributed by atoms with E-state index in [1.54, 1.807) is 11.0 Å². The molecular weight excluding hydrogens is 577 g/mol. The number of carboxylic acid groups (broad SMARTS) is 1. The van der Waals surface area contributed by atoms with Gasteiger partial charge in [-0.1, -0.05) is 0 Å². The first-order valence-corrected chi connectivity index (χ1v) is 15.9. The van der Waals surface area contributed by atoms with E-state index in [2.05, 4.69) is 14.7 Å². The quantitative estimate of drug-likeness (QED) is 0.506. The Morgan fingerprint density at radius 3 is 2.38 bits per heavy atom. The van der Waals surface area contributed by atoms with Crippen LogP contribution in [0.4, 0.5) is 29.5 Å². The number of aromatic nitrogens is 2. The van der Waals surface area contributed by atoms with Gasteiger partial charge in [0, 0.05) is 56.2 Å². The van der Waals surface area contributed by atoms with Crippen LogP contribution < -0.4 is 9.62 Å². The van der Waals surface area contributed by atoms with E-state index in [0.717, 1.165) is 36.4 Å². The van der Waals surface area contributed by atoms with Crippen molar-refractivity contribution in [1.82, 2.24) is 19.6 Å². The van der Waals surface area contributed by atoms with Gasteiger partial charge < -0.3 is 14.9 Å². The van der Waals surface area contributed by atoms with Gasteiger partial charge in [-0.15, -0.1) is 5.10 Å². The van der Waals surface area contributed by atoms with Crippen LogP contribution in [0.1, 0.15) is 49.7 Å². The highest BCUT2D eigenvalue weighted by Crippen LogP contribution is 2.41. The van der Waals surface area contributed by atoms with Crippen LogP contribution in [0.15, 0.2) is 30.5 Å². The standard InChI is InChI=1S/C27H35F3N6O5S/c1-42(40,41)32-23-5-12-36(31-23)25(39)34-13-7-26(8-14-34)6-2-9-35(26)18-19-15-21(27(28,29)30)17-22(16-19)33-10-3-20(4-11-33)24(37)38/h5,12,15-17,20H,2-4,6-11,13-14,18H2,1H3,(H,31,32)(H,37,38). The third-order valence-electron chi connectivity index (χ3n) is 8.67. The van der Waals surface area contributed by atoms with Crippen molar-refractivity contribution < 1.29 is 36.3 Å². The maximum absolute atomic E-state index is 13.9. The summed E-state index contributed by atoms with van der Waals surface area (Å²) in [6.07, 6.45) is 1.76. The highest BCUT2D eigenvalue weighted by molar-refractivity contribution is 7.92. The van der Waals surface area contributed by atoms with Gasteiger partial charge in [-0.3, -0.25) is 14.4 Å². The number of nitrogens with zero attached hydrogens (tertiary/aromatic N) is 5. The molecule has 1 spiro atoms. The number of nitrogens with one attached hydrogen (secondary N) is 1. The van der Waals surface area contributed by atoms with Gasteiger partial charge in [0.15, 0.2) is 5.82 Å². The predicted octanol–water partition coefficient (Wildman–Crippen LogP) is 3.67. The third-order valence-corrected chi connectivity index (χ3v) is 9.25. The Labute approximate surface area is 242 Å². The summed E-state index contributed by atoms with van der Waals surface area (Å²) in [6.45, 7) is 2.74. The molecule has 3 aliphatic heterocycles. The van der Waals surface area contributed by atoms with Crippen molar-refractivity contribution in [1.29, 1.82) is 0 Å². The van der Waals surface area contributed by atoms with Crippen molar-refractivity contribution in [2.75, 3.05) is 48.6 Å². The number of amides is 1. The molecule has 15 heteroatoms. The molecule has 5 rings (SSSR count). The van der Waals surface area contributed by atoms with Crippen LogP contribution in [-0.4, -0.2) is 89.6 Å². The lowest BCUT2D eigenvalue weighted by Gasteiger charge is -2.45. The number of carboxylic acids is 1. The molecule has 1 aromatic heterocycles. The van der Waals surface area contributed by atoms with E-state index in [1.807, 2.05) is 4.90 Å². The normalized spacial score (nSPS) is 20.3. The topological polar surface area (TPSA) is 128 Å². The molecule has 0 saturated carbocycles. The van der Waals surface area contributed by atoms with Crippen LogP contribution in [-0.2, 0) is 27.5 Å². The second-order valence-electron chi connectivity index (χ2n) is 11.5. The Kier molecular flexibility index (Phi) is 8.18. The second kappa shape index (κ2) is 11.4. The largest absolute Gasteiger partial charge is 0.481 e. The van der Waals surface area contributed by atoms with Crippen LogP contribution in [0.3, 0.4) is 0 Å². The zero-order valence-electron chi connectivity index (χ0n) is 23.3. The number of piperidine rings is 2. The number of alkyl halides is 3. The zero-order valence-corrected chi connectivity index (χ0v) is 24.1. The van der Waals surface area contributed by atoms with Gasteiger partial charge >= 0.3 is 18.2 Å².